The van der Waals surface area contributed by atoms with Crippen molar-refractivity contribution in [2.45, 2.75) is 39.5 Å². The first-order valence-electron chi connectivity index (χ1n) is 10.9. The number of hydrogen-bond donors (Lipinski definition) is 1. The number of terminal acetylenes is 1. The van der Waals surface area contributed by atoms with Crippen LogP contribution in [0.5, 0.6) is 0 Å². The molecule has 4 rings (SSSR count). The van der Waals surface area contributed by atoms with Crippen LogP contribution >= 0.6 is 0 Å². The molecular formula is C25H24F3N7. The number of halogens is 3. The number of imidazole rings is 1. The molecule has 0 saturated carbocycles. The molecule has 180 valence electrons. The SMILES string of the molecule is C#Cc1cnc(-c2c(C)cnn2C(C)C)nc1NCc1ccc(-c2nc(C(F)(F)F)cn2C)cc1. The highest BCUT2D eigenvalue weighted by atomic mass is 19.4. The van der Waals surface area contributed by atoms with Crippen molar-refractivity contribution in [2.24, 2.45) is 7.05 Å². The molecule has 35 heavy (non-hydrogen) atoms. The van der Waals surface area contributed by atoms with Crippen LogP contribution in [-0.4, -0.2) is 29.3 Å². The van der Waals surface area contributed by atoms with E-state index in [-0.39, 0.29) is 11.9 Å². The number of aryl methyl sites for hydroxylation is 2. The zero-order chi connectivity index (χ0) is 25.3. The zero-order valence-corrected chi connectivity index (χ0v) is 19.7. The molecule has 1 N–H and O–H groups in total. The molecule has 0 aliphatic carbocycles. The van der Waals surface area contributed by atoms with Crippen LogP contribution in [0, 0.1) is 19.3 Å². The monoisotopic (exact) mass is 479 g/mol. The Morgan fingerprint density at radius 3 is 2.43 bits per heavy atom. The Bertz CT molecular complexity index is 1390. The summed E-state index contributed by atoms with van der Waals surface area (Å²) in [7, 11) is 1.54. The largest absolute Gasteiger partial charge is 0.434 e. The van der Waals surface area contributed by atoms with Gasteiger partial charge in [0.2, 0.25) is 0 Å². The van der Waals surface area contributed by atoms with Gasteiger partial charge in [-0.2, -0.15) is 18.3 Å². The predicted molar refractivity (Wildman–Crippen MR) is 127 cm³/mol. The van der Waals surface area contributed by atoms with Crippen molar-refractivity contribution in [2.75, 3.05) is 5.32 Å². The van der Waals surface area contributed by atoms with E-state index >= 15 is 0 Å². The van der Waals surface area contributed by atoms with Gasteiger partial charge in [0.05, 0.1) is 11.8 Å². The van der Waals surface area contributed by atoms with E-state index in [0.717, 1.165) is 23.0 Å². The smallest absolute Gasteiger partial charge is 0.365 e. The minimum absolute atomic E-state index is 0.135. The lowest BCUT2D eigenvalue weighted by molar-refractivity contribution is -0.140. The minimum atomic E-state index is -4.49. The summed E-state index contributed by atoms with van der Waals surface area (Å²) in [5.74, 6) is 3.86. The van der Waals surface area contributed by atoms with Crippen molar-refractivity contribution in [3.63, 3.8) is 0 Å². The van der Waals surface area contributed by atoms with Crippen LogP contribution in [0.3, 0.4) is 0 Å². The standard InChI is InChI=1S/C25H24F3N7/c1-6-18-13-30-23(21-16(4)11-31-35(21)15(2)3)33-22(18)29-12-17-7-9-19(10-8-17)24-32-20(14-34(24)5)25(26,27)28/h1,7-11,13-15H,12H2,2-5H3,(H,29,30,33). The van der Waals surface area contributed by atoms with Crippen LogP contribution in [0.25, 0.3) is 22.9 Å². The van der Waals surface area contributed by atoms with E-state index in [9.17, 15) is 13.2 Å². The third-order valence-electron chi connectivity index (χ3n) is 5.46. The van der Waals surface area contributed by atoms with Crippen molar-refractivity contribution < 1.29 is 13.2 Å². The Balaban J connectivity index is 1.55. The summed E-state index contributed by atoms with van der Waals surface area (Å²) in [6.45, 7) is 6.42. The van der Waals surface area contributed by atoms with E-state index < -0.39 is 11.9 Å². The van der Waals surface area contributed by atoms with Crippen LogP contribution in [0.15, 0.2) is 42.9 Å². The number of nitrogens with zero attached hydrogens (tertiary/aromatic N) is 6. The molecular weight excluding hydrogens is 455 g/mol. The molecule has 0 atom stereocenters. The van der Waals surface area contributed by atoms with Gasteiger partial charge in [-0.15, -0.1) is 6.42 Å². The first-order chi connectivity index (χ1) is 16.6. The Kier molecular flexibility index (Phi) is 6.35. The second-order valence-electron chi connectivity index (χ2n) is 8.42. The predicted octanol–water partition coefficient (Wildman–Crippen LogP) is 5.24. The van der Waals surface area contributed by atoms with Gasteiger partial charge in [0.15, 0.2) is 11.5 Å². The maximum atomic E-state index is 13.0. The molecule has 3 aromatic heterocycles. The van der Waals surface area contributed by atoms with Crippen LogP contribution in [0.4, 0.5) is 19.0 Å². The van der Waals surface area contributed by atoms with E-state index in [2.05, 4.69) is 31.3 Å². The highest BCUT2D eigenvalue weighted by molar-refractivity contribution is 5.61. The van der Waals surface area contributed by atoms with Gasteiger partial charge in [-0.1, -0.05) is 30.2 Å². The highest BCUT2D eigenvalue weighted by Gasteiger charge is 2.34. The molecule has 0 amide bonds. The maximum Gasteiger partial charge on any atom is 0.434 e. The molecule has 1 aromatic carbocycles. The molecule has 0 aliphatic heterocycles. The van der Waals surface area contributed by atoms with Gasteiger partial charge in [0, 0.05) is 37.6 Å². The van der Waals surface area contributed by atoms with Crippen LogP contribution in [0.1, 0.15) is 42.3 Å². The molecule has 0 fully saturated rings. The molecule has 0 spiro atoms. The van der Waals surface area contributed by atoms with Gasteiger partial charge in [0.1, 0.15) is 17.3 Å². The molecule has 0 unspecified atom stereocenters. The van der Waals surface area contributed by atoms with E-state index in [4.69, 9.17) is 6.42 Å². The molecule has 0 radical (unpaired) electrons. The fraction of sp³-hybridized carbons (Fsp3) is 0.280. The maximum absolute atomic E-state index is 13.0. The molecule has 10 heteroatoms. The lowest BCUT2D eigenvalue weighted by atomic mass is 10.1. The van der Waals surface area contributed by atoms with E-state index in [0.29, 0.717) is 29.3 Å². The van der Waals surface area contributed by atoms with Crippen molar-refractivity contribution in [3.05, 3.63) is 65.2 Å². The molecule has 0 aliphatic rings. The number of rotatable bonds is 6. The Morgan fingerprint density at radius 1 is 1.11 bits per heavy atom. The summed E-state index contributed by atoms with van der Waals surface area (Å²) in [6.07, 6.45) is 5.52. The van der Waals surface area contributed by atoms with Gasteiger partial charge in [0.25, 0.3) is 0 Å². The van der Waals surface area contributed by atoms with Crippen LogP contribution < -0.4 is 5.32 Å². The normalized spacial score (nSPS) is 11.6. The zero-order valence-electron chi connectivity index (χ0n) is 19.7. The van der Waals surface area contributed by atoms with Gasteiger partial charge in [-0.3, -0.25) is 4.68 Å². The summed E-state index contributed by atoms with van der Waals surface area (Å²) >= 11 is 0. The Labute approximate surface area is 201 Å². The van der Waals surface area contributed by atoms with Gasteiger partial charge >= 0.3 is 6.18 Å². The lowest BCUT2D eigenvalue weighted by Gasteiger charge is -2.13. The summed E-state index contributed by atoms with van der Waals surface area (Å²) in [6, 6.07) is 7.24. The van der Waals surface area contributed by atoms with E-state index in [1.807, 2.05) is 37.6 Å². The number of alkyl halides is 3. The molecule has 0 bridgehead atoms. The first kappa shape index (κ1) is 24.0. The number of anilines is 1. The average molecular weight is 480 g/mol. The quantitative estimate of drug-likeness (QED) is 0.383. The summed E-state index contributed by atoms with van der Waals surface area (Å²) in [5, 5.41) is 7.67. The summed E-state index contributed by atoms with van der Waals surface area (Å²) < 4.78 is 42.1. The van der Waals surface area contributed by atoms with Gasteiger partial charge in [-0.05, 0) is 31.9 Å². The third kappa shape index (κ3) is 4.89. The lowest BCUT2D eigenvalue weighted by Crippen LogP contribution is -2.09. The Morgan fingerprint density at radius 2 is 1.83 bits per heavy atom. The average Bonchev–Trinajstić information content (AvgIpc) is 3.40. The Hall–Kier alpha value is -4.13. The van der Waals surface area contributed by atoms with Crippen molar-refractivity contribution in [1.29, 1.82) is 0 Å². The molecule has 0 saturated heterocycles. The van der Waals surface area contributed by atoms with Crippen molar-refractivity contribution >= 4 is 5.82 Å². The second kappa shape index (κ2) is 9.25. The minimum Gasteiger partial charge on any atom is -0.365 e. The number of benzene rings is 1. The number of hydrogen-bond acceptors (Lipinski definition) is 5. The van der Waals surface area contributed by atoms with Gasteiger partial charge in [-0.25, -0.2) is 15.0 Å². The topological polar surface area (TPSA) is 73.5 Å². The third-order valence-corrected chi connectivity index (χ3v) is 5.46. The van der Waals surface area contributed by atoms with Crippen LogP contribution in [-0.2, 0) is 19.8 Å². The summed E-state index contributed by atoms with van der Waals surface area (Å²) in [5.41, 5.74) is 2.85. The van der Waals surface area contributed by atoms with Crippen molar-refractivity contribution in [1.82, 2.24) is 29.3 Å². The van der Waals surface area contributed by atoms with Crippen LogP contribution in [0.2, 0.25) is 0 Å². The molecule has 4 aromatic rings. The van der Waals surface area contributed by atoms with Crippen molar-refractivity contribution in [3.8, 4) is 35.2 Å². The second-order valence-corrected chi connectivity index (χ2v) is 8.42. The van der Waals surface area contributed by atoms with E-state index in [1.54, 1.807) is 24.5 Å². The number of aromatic nitrogens is 6. The fourth-order valence-corrected chi connectivity index (χ4v) is 3.68. The fourth-order valence-electron chi connectivity index (χ4n) is 3.68. The van der Waals surface area contributed by atoms with Gasteiger partial charge < -0.3 is 9.88 Å². The summed E-state index contributed by atoms with van der Waals surface area (Å²) in [4.78, 5) is 12.8. The number of nitrogens with one attached hydrogen (secondary N) is 1. The first-order valence-corrected chi connectivity index (χ1v) is 10.9. The highest BCUT2D eigenvalue weighted by Crippen LogP contribution is 2.31. The molecule has 3 heterocycles. The van der Waals surface area contributed by atoms with E-state index in [1.165, 1.54) is 11.6 Å². The molecule has 7 nitrogen and oxygen atoms in total.